The zero-order valence-electron chi connectivity index (χ0n) is 27.5. The number of rotatable bonds is 21. The molecule has 0 bridgehead atoms. The number of anilines is 2. The van der Waals surface area contributed by atoms with Crippen molar-refractivity contribution < 1.29 is 33.5 Å². The molecule has 4 rings (SSSR count). The first-order chi connectivity index (χ1) is 23.8. The molecule has 2 aliphatic heterocycles. The monoisotopic (exact) mass is 701 g/mol. The van der Waals surface area contributed by atoms with Gasteiger partial charge in [-0.15, -0.1) is 0 Å². The molecule has 2 heterocycles. The Labute approximate surface area is 289 Å². The molecule has 2 aromatic rings. The number of thioether (sulfide) groups is 1. The summed E-state index contributed by atoms with van der Waals surface area (Å²) >= 11 is 1.89. The van der Waals surface area contributed by atoms with Crippen LogP contribution in [0.5, 0.6) is 0 Å². The van der Waals surface area contributed by atoms with Gasteiger partial charge in [0.05, 0.1) is 45.1 Å². The zero-order valence-corrected chi connectivity index (χ0v) is 28.3. The minimum Gasteiger partial charge on any atom is -0.377 e. The summed E-state index contributed by atoms with van der Waals surface area (Å²) in [5, 5.41) is 19.3. The SMILES string of the molecule is NOCC(=O)Nc1cccc2c(NC(=O)CCNC(N)=NCCOCCOCCNC(=O)CCCCC3SCC4NC(=O)NC43)cccc12. The van der Waals surface area contributed by atoms with Gasteiger partial charge in [0.25, 0.3) is 5.91 Å². The molecule has 49 heavy (non-hydrogen) atoms. The number of hydrogen-bond donors (Lipinski definition) is 8. The normalized spacial score (nSPS) is 18.4. The van der Waals surface area contributed by atoms with Crippen LogP contribution in [0.15, 0.2) is 41.4 Å². The molecule has 10 N–H and O–H groups in total. The van der Waals surface area contributed by atoms with Crippen LogP contribution in [0.2, 0.25) is 0 Å². The maximum atomic E-state index is 12.6. The second-order valence-corrected chi connectivity index (χ2v) is 12.8. The summed E-state index contributed by atoms with van der Waals surface area (Å²) in [5.74, 6) is 5.54. The van der Waals surface area contributed by atoms with Crippen LogP contribution in [0.1, 0.15) is 32.1 Å². The lowest BCUT2D eigenvalue weighted by Crippen LogP contribution is -2.36. The number of ether oxygens (including phenoxy) is 2. The van der Waals surface area contributed by atoms with Crippen LogP contribution in [0.4, 0.5) is 16.2 Å². The van der Waals surface area contributed by atoms with Crippen molar-refractivity contribution in [1.29, 1.82) is 0 Å². The van der Waals surface area contributed by atoms with E-state index in [-0.39, 0.29) is 61.4 Å². The van der Waals surface area contributed by atoms with E-state index in [0.717, 1.165) is 35.8 Å². The average Bonchev–Trinajstić information content (AvgIpc) is 3.63. The Bertz CT molecular complexity index is 1450. The number of carbonyl (C=O) groups excluding carboxylic acids is 4. The van der Waals surface area contributed by atoms with Crippen molar-refractivity contribution in [2.24, 2.45) is 16.6 Å². The molecule has 5 amide bonds. The minimum absolute atomic E-state index is 0.0134. The van der Waals surface area contributed by atoms with Crippen LogP contribution in [0.3, 0.4) is 0 Å². The lowest BCUT2D eigenvalue weighted by Gasteiger charge is -2.16. The summed E-state index contributed by atoms with van der Waals surface area (Å²) in [7, 11) is 0. The first-order valence-corrected chi connectivity index (χ1v) is 17.5. The number of urea groups is 1. The van der Waals surface area contributed by atoms with E-state index in [0.29, 0.717) is 62.6 Å². The summed E-state index contributed by atoms with van der Waals surface area (Å²) in [5.41, 5.74) is 7.09. The molecule has 2 aliphatic rings. The number of amides is 5. The predicted octanol–water partition coefficient (Wildman–Crippen LogP) is 0.777. The van der Waals surface area contributed by atoms with Crippen molar-refractivity contribution in [2.45, 2.75) is 49.4 Å². The van der Waals surface area contributed by atoms with Crippen LogP contribution in [0.25, 0.3) is 10.8 Å². The van der Waals surface area contributed by atoms with E-state index < -0.39 is 0 Å². The number of unbranched alkanes of at least 4 members (excludes halogenated alkanes) is 1. The van der Waals surface area contributed by atoms with Crippen molar-refractivity contribution in [3.8, 4) is 0 Å². The number of hydrogen-bond acceptors (Lipinski definition) is 10. The van der Waals surface area contributed by atoms with Gasteiger partial charge in [0, 0.05) is 59.1 Å². The molecule has 0 spiro atoms. The Balaban J connectivity index is 0.973. The number of aliphatic imine (C=N–C) groups is 1. The molecule has 2 aromatic carbocycles. The fourth-order valence-corrected chi connectivity index (χ4v) is 7.08. The Morgan fingerprint density at radius 3 is 2.31 bits per heavy atom. The van der Waals surface area contributed by atoms with Crippen LogP contribution in [0, 0.1) is 0 Å². The molecule has 0 radical (unpaired) electrons. The van der Waals surface area contributed by atoms with Gasteiger partial charge in [-0.3, -0.25) is 24.2 Å². The highest BCUT2D eigenvalue weighted by molar-refractivity contribution is 8.00. The van der Waals surface area contributed by atoms with E-state index in [9.17, 15) is 19.2 Å². The van der Waals surface area contributed by atoms with Crippen LogP contribution < -0.4 is 43.5 Å². The lowest BCUT2D eigenvalue weighted by atomic mass is 10.0. The predicted molar refractivity (Wildman–Crippen MR) is 189 cm³/mol. The van der Waals surface area contributed by atoms with Gasteiger partial charge in [0.2, 0.25) is 11.8 Å². The molecule has 2 fully saturated rings. The number of fused-ring (bicyclic) bond motifs is 2. The van der Waals surface area contributed by atoms with Gasteiger partial charge in [-0.05, 0) is 25.0 Å². The first kappa shape index (κ1) is 37.7. The van der Waals surface area contributed by atoms with E-state index >= 15 is 0 Å². The number of nitrogens with one attached hydrogen (secondary N) is 6. The Hall–Kier alpha value is -4.16. The Kier molecular flexibility index (Phi) is 15.7. The maximum Gasteiger partial charge on any atom is 0.315 e. The van der Waals surface area contributed by atoms with E-state index in [4.69, 9.17) is 21.1 Å². The largest absolute Gasteiger partial charge is 0.377 e. The molecule has 0 saturated carbocycles. The minimum atomic E-state index is -0.388. The van der Waals surface area contributed by atoms with Gasteiger partial charge in [0.1, 0.15) is 6.61 Å². The number of nitrogens with two attached hydrogens (primary N) is 2. The van der Waals surface area contributed by atoms with Gasteiger partial charge in [0.15, 0.2) is 5.96 Å². The van der Waals surface area contributed by atoms with Crippen molar-refractivity contribution in [3.05, 3.63) is 36.4 Å². The fourth-order valence-electron chi connectivity index (χ4n) is 5.54. The molecular weight excluding hydrogens is 654 g/mol. The van der Waals surface area contributed by atoms with Crippen LogP contribution in [-0.4, -0.2) is 105 Å². The molecule has 0 aromatic heterocycles. The summed E-state index contributed by atoms with van der Waals surface area (Å²) in [6, 6.07) is 11.2. The molecule has 16 nitrogen and oxygen atoms in total. The fraction of sp³-hybridized carbons (Fsp3) is 0.531. The highest BCUT2D eigenvalue weighted by Gasteiger charge is 2.42. The third-order valence-corrected chi connectivity index (χ3v) is 9.39. The number of nitrogens with zero attached hydrogens (tertiary/aromatic N) is 1. The first-order valence-electron chi connectivity index (χ1n) is 16.4. The summed E-state index contributed by atoms with van der Waals surface area (Å²) < 4.78 is 11.0. The molecule has 3 atom stereocenters. The average molecular weight is 702 g/mol. The summed E-state index contributed by atoms with van der Waals surface area (Å²) in [4.78, 5) is 56.6. The van der Waals surface area contributed by atoms with E-state index in [2.05, 4.69) is 41.7 Å². The second-order valence-electron chi connectivity index (χ2n) is 11.5. The molecule has 0 aliphatic carbocycles. The summed E-state index contributed by atoms with van der Waals surface area (Å²) in [6.45, 7) is 2.34. The third kappa shape index (κ3) is 12.7. The van der Waals surface area contributed by atoms with Crippen LogP contribution in [-0.2, 0) is 28.7 Å². The third-order valence-electron chi connectivity index (χ3n) is 7.88. The van der Waals surface area contributed by atoms with Gasteiger partial charge >= 0.3 is 6.03 Å². The number of carbonyl (C=O) groups is 4. The number of benzene rings is 2. The van der Waals surface area contributed by atoms with Crippen LogP contribution >= 0.6 is 11.8 Å². The van der Waals surface area contributed by atoms with Crippen molar-refractivity contribution in [3.63, 3.8) is 0 Å². The second kappa shape index (κ2) is 20.4. The maximum absolute atomic E-state index is 12.6. The van der Waals surface area contributed by atoms with Gasteiger partial charge < -0.3 is 47.1 Å². The van der Waals surface area contributed by atoms with Crippen molar-refractivity contribution >= 4 is 63.6 Å². The molecule has 2 saturated heterocycles. The summed E-state index contributed by atoms with van der Waals surface area (Å²) in [6.07, 6.45) is 3.40. The molecular formula is C32H47N9O7S. The van der Waals surface area contributed by atoms with Gasteiger partial charge in [-0.1, -0.05) is 30.7 Å². The smallest absolute Gasteiger partial charge is 0.315 e. The van der Waals surface area contributed by atoms with Crippen molar-refractivity contribution in [1.82, 2.24) is 21.3 Å². The molecule has 268 valence electrons. The van der Waals surface area contributed by atoms with Gasteiger partial charge in [-0.25, -0.2) is 10.7 Å². The molecule has 3 unspecified atom stereocenters. The van der Waals surface area contributed by atoms with E-state index in [1.807, 2.05) is 23.9 Å². The highest BCUT2D eigenvalue weighted by Crippen LogP contribution is 2.33. The Morgan fingerprint density at radius 1 is 0.857 bits per heavy atom. The number of guanidine groups is 1. The lowest BCUT2D eigenvalue weighted by molar-refractivity contribution is -0.122. The van der Waals surface area contributed by atoms with E-state index in [1.165, 1.54) is 0 Å². The topological polar surface area (TPSA) is 233 Å². The zero-order chi connectivity index (χ0) is 34.8. The standard InChI is InChI=1S/C32H47N9O7S/c33-31(36-12-11-28(43)38-23-7-3-6-22-21(23)5-4-8-24(22)39-29(44)19-48-34)37-14-16-47-18-17-46-15-13-35-27(42)10-2-1-9-26-30-25(20-49-26)40-32(45)41-30/h3-8,25-26,30H,1-2,9-20,34H2,(H,35,42)(H,38,43)(H,39,44)(H3,33,36,37)(H2,40,41,45). The Morgan fingerprint density at radius 2 is 1.57 bits per heavy atom. The van der Waals surface area contributed by atoms with Gasteiger partial charge in [-0.2, -0.15) is 11.8 Å². The van der Waals surface area contributed by atoms with E-state index in [1.54, 1.807) is 24.3 Å². The molecule has 17 heteroatoms. The van der Waals surface area contributed by atoms with Crippen molar-refractivity contribution in [2.75, 3.05) is 69.1 Å². The highest BCUT2D eigenvalue weighted by atomic mass is 32.2. The quantitative estimate of drug-likeness (QED) is 0.0298.